The lowest BCUT2D eigenvalue weighted by molar-refractivity contribution is 0.487. The summed E-state index contributed by atoms with van der Waals surface area (Å²) < 4.78 is 13.8. The van der Waals surface area contributed by atoms with Crippen molar-refractivity contribution in [2.45, 2.75) is 133 Å². The van der Waals surface area contributed by atoms with Gasteiger partial charge in [0.2, 0.25) is 0 Å². The molecule has 4 nitrogen and oxygen atoms in total. The summed E-state index contributed by atoms with van der Waals surface area (Å²) in [7, 11) is -5.45. The van der Waals surface area contributed by atoms with Crippen molar-refractivity contribution in [1.82, 2.24) is 0 Å². The average molecular weight is 1490 g/mol. The molecule has 4 aliphatic heterocycles. The summed E-state index contributed by atoms with van der Waals surface area (Å²) >= 11 is 0. The zero-order valence-corrected chi connectivity index (χ0v) is 68.4. The minimum absolute atomic E-state index is 0. The van der Waals surface area contributed by atoms with Crippen molar-refractivity contribution in [3.63, 3.8) is 0 Å². The highest BCUT2D eigenvalue weighted by Gasteiger charge is 2.51. The molecule has 0 spiro atoms. The maximum absolute atomic E-state index is 6.98. The van der Waals surface area contributed by atoms with Gasteiger partial charge in [0.1, 0.15) is 23.0 Å². The van der Waals surface area contributed by atoms with Gasteiger partial charge in [-0.25, -0.2) is 0 Å². The minimum atomic E-state index is -2.73. The van der Waals surface area contributed by atoms with Crippen LogP contribution in [0.1, 0.15) is 165 Å². The molecule has 112 heavy (non-hydrogen) atoms. The highest BCUT2D eigenvalue weighted by Crippen LogP contribution is 2.44. The van der Waals surface area contributed by atoms with E-state index in [1.807, 2.05) is 0 Å². The first kappa shape index (κ1) is 74.9. The Morgan fingerprint density at radius 1 is 0.259 bits per heavy atom. The van der Waals surface area contributed by atoms with Crippen molar-refractivity contribution in [2.75, 3.05) is 9.80 Å². The van der Waals surface area contributed by atoms with Gasteiger partial charge in [-0.1, -0.05) is 362 Å². The molecule has 14 aromatic carbocycles. The van der Waals surface area contributed by atoms with Crippen LogP contribution < -0.4 is 93.5 Å². The molecule has 554 valence electrons. The number of aryl methyl sites for hydroxylation is 1. The maximum atomic E-state index is 6.98. The van der Waals surface area contributed by atoms with Gasteiger partial charge in [0, 0.05) is 40.2 Å². The summed E-state index contributed by atoms with van der Waals surface area (Å²) in [5.74, 6) is 6.13. The number of anilines is 6. The first-order valence-corrected chi connectivity index (χ1v) is 44.4. The van der Waals surface area contributed by atoms with E-state index in [4.69, 9.17) is 9.47 Å². The van der Waals surface area contributed by atoms with E-state index in [0.29, 0.717) is 35.5 Å². The Balaban J connectivity index is 0.000000168. The van der Waals surface area contributed by atoms with E-state index in [1.54, 1.807) is 0 Å². The average Bonchev–Trinajstić information content (AvgIpc) is 0.699. The van der Waals surface area contributed by atoms with Gasteiger partial charge in [0.25, 0.3) is 13.4 Å². The van der Waals surface area contributed by atoms with Crippen LogP contribution in [0, 0.1) is 6.92 Å². The topological polar surface area (TPSA) is 24.9 Å². The number of benzene rings is 14. The molecule has 0 saturated heterocycles. The Hall–Kier alpha value is -11.2. The first-order valence-electron chi connectivity index (χ1n) is 40.4. The fraction of sp³-hybridized carbons (Fsp3) is 0.192. The van der Waals surface area contributed by atoms with Gasteiger partial charge >= 0.3 is 0 Å². The number of fused-ring (bicyclic) bond motifs is 8. The number of rotatable bonds is 14. The predicted octanol–water partition coefficient (Wildman–Crippen LogP) is 18.6. The molecule has 14 aromatic rings. The Morgan fingerprint density at radius 3 is 0.973 bits per heavy atom. The zero-order chi connectivity index (χ0) is 76.6. The molecule has 0 saturated carbocycles. The number of hydrogen-bond donors (Lipinski definition) is 0. The fourth-order valence-corrected chi connectivity index (χ4v) is 29.3. The van der Waals surface area contributed by atoms with Gasteiger partial charge in [-0.2, -0.15) is 0 Å². The highest BCUT2D eigenvalue weighted by atomic mass is 28.3. The van der Waals surface area contributed by atoms with Crippen LogP contribution in [0.4, 0.5) is 34.1 Å². The quantitative estimate of drug-likeness (QED) is 0.101. The summed E-state index contributed by atoms with van der Waals surface area (Å²) in [5, 5.41) is 11.2. The molecule has 4 heterocycles. The van der Waals surface area contributed by atoms with Crippen molar-refractivity contribution in [3.8, 4) is 23.0 Å². The summed E-state index contributed by atoms with van der Waals surface area (Å²) in [6.45, 7) is 30.4. The molecule has 0 aliphatic carbocycles. The van der Waals surface area contributed by atoms with Gasteiger partial charge in [-0.15, -0.1) is 0 Å². The molecular formula is C104H102B2N2O2Si2. The molecule has 0 unspecified atom stereocenters. The van der Waals surface area contributed by atoms with E-state index in [-0.39, 0.29) is 20.9 Å². The Kier molecular flexibility index (Phi) is 20.4. The van der Waals surface area contributed by atoms with Gasteiger partial charge in [-0.3, -0.25) is 0 Å². The summed E-state index contributed by atoms with van der Waals surface area (Å²) in [6, 6.07) is 121. The second-order valence-corrected chi connectivity index (χ2v) is 40.4. The lowest BCUT2D eigenvalue weighted by atomic mass is 9.34. The van der Waals surface area contributed by atoms with Crippen LogP contribution in [0.2, 0.25) is 0 Å². The summed E-state index contributed by atoms with van der Waals surface area (Å²) in [4.78, 5) is 5.02. The van der Waals surface area contributed by atoms with E-state index in [2.05, 4.69) is 421 Å². The normalized spacial score (nSPS) is 13.8. The van der Waals surface area contributed by atoms with Crippen LogP contribution >= 0.6 is 0 Å². The largest absolute Gasteiger partial charge is 0.458 e. The van der Waals surface area contributed by atoms with Crippen LogP contribution in [-0.4, -0.2) is 29.6 Å². The van der Waals surface area contributed by atoms with Crippen LogP contribution in [-0.2, 0) is 0 Å². The van der Waals surface area contributed by atoms with Crippen LogP contribution in [0.3, 0.4) is 0 Å². The zero-order valence-electron chi connectivity index (χ0n) is 66.4. The molecule has 8 heteroatoms. The number of ether oxygens (including phenoxy) is 2. The van der Waals surface area contributed by atoms with Crippen molar-refractivity contribution >= 4 is 138 Å². The van der Waals surface area contributed by atoms with Crippen molar-refractivity contribution in [3.05, 3.63) is 360 Å². The van der Waals surface area contributed by atoms with Crippen molar-refractivity contribution in [2.24, 2.45) is 0 Å². The third kappa shape index (κ3) is 12.5. The molecule has 0 bridgehead atoms. The van der Waals surface area contributed by atoms with Crippen molar-refractivity contribution < 1.29 is 9.47 Å². The second-order valence-electron chi connectivity index (χ2n) is 33.0. The first-order chi connectivity index (χ1) is 54.0. The van der Waals surface area contributed by atoms with Gasteiger partial charge < -0.3 is 19.3 Å². The third-order valence-corrected chi connectivity index (χ3v) is 33.9. The number of nitrogens with zero attached hydrogens (tertiary/aromatic N) is 2. The smallest absolute Gasteiger partial charge is 0.251 e. The maximum Gasteiger partial charge on any atom is 0.251 e. The molecule has 0 fully saturated rings. The van der Waals surface area contributed by atoms with Crippen LogP contribution in [0.15, 0.2) is 322 Å². The Bertz CT molecular complexity index is 5630. The molecule has 0 N–H and O–H groups in total. The summed E-state index contributed by atoms with van der Waals surface area (Å²) in [5.41, 5.74) is 24.8. The number of para-hydroxylation sites is 5. The SMILES string of the molecule is C.CC(C)c1cc(C(C)C)c(B2c3ccccc3Oc3ccc(N4c5ccccc5[Si](c5ccccc5)(c5ccccc5)c5ccccc54)cc32)c(C(C)C)c1.Cc1ccc2c(c1)[Si](c1ccccc1)(c1ccccc1)c1ccccc1N2c1ccc2c(c1)Oc1ccccc1B2c1c(C(C)C)cc(C(C)C)cc1C(C)C. The monoisotopic (exact) mass is 1490 g/mol. The molecule has 4 aliphatic rings. The van der Waals surface area contributed by atoms with E-state index in [0.717, 1.165) is 34.4 Å². The fourth-order valence-electron chi connectivity index (χ4n) is 19.0. The Morgan fingerprint density at radius 2 is 0.571 bits per heavy atom. The van der Waals surface area contributed by atoms with Gasteiger partial charge in [0.15, 0.2) is 16.1 Å². The van der Waals surface area contributed by atoms with E-state index in [9.17, 15) is 0 Å². The molecule has 0 atom stereocenters. The lowest BCUT2D eigenvalue weighted by Gasteiger charge is -2.45. The molecule has 0 aromatic heterocycles. The number of hydrogen-bond acceptors (Lipinski definition) is 4. The van der Waals surface area contributed by atoms with Gasteiger partial charge in [0.05, 0.1) is 0 Å². The Labute approximate surface area is 669 Å². The van der Waals surface area contributed by atoms with E-state index < -0.39 is 16.1 Å². The predicted molar refractivity (Wildman–Crippen MR) is 488 cm³/mol. The molecule has 0 radical (unpaired) electrons. The van der Waals surface area contributed by atoms with Crippen LogP contribution in [0.25, 0.3) is 0 Å². The van der Waals surface area contributed by atoms with Crippen molar-refractivity contribution in [1.29, 1.82) is 0 Å². The third-order valence-electron chi connectivity index (χ3n) is 24.2. The van der Waals surface area contributed by atoms with Crippen LogP contribution in [0.5, 0.6) is 23.0 Å². The molecule has 18 rings (SSSR count). The molecule has 0 amide bonds. The standard InChI is InChI=1S/C52H50BNOSi.C51H48BNOSi.CH4/c1-34(2)38-31-42(35(3)4)52(43(32-38)36(5)6)53-44-22-14-16-24-48(44)55-49-33-39(27-28-45(49)53)54-46-23-15-17-25-50(46)56(40-18-10-8-11-19-40,41-20-12-9-13-21-41)51-30-37(7)26-29-47(51)54;1-34(2)37-31-41(35(3)4)51(42(32-37)36(5)6)52-43-23-13-16-26-47(43)54-48-30-29-38(33-44(48)52)53-45-24-14-17-27-49(45)55(39-19-9-7-10-20-39,40-21-11-8-12-22-40)50-28-18-15-25-46(50)53;/h8-36H,1-7H3;7-36H,1-6H3;1H4. The van der Waals surface area contributed by atoms with E-state index >= 15 is 0 Å². The van der Waals surface area contributed by atoms with E-state index in [1.165, 1.54) is 136 Å². The summed E-state index contributed by atoms with van der Waals surface area (Å²) in [6.07, 6.45) is 0. The minimum Gasteiger partial charge on any atom is -0.458 e. The van der Waals surface area contributed by atoms with Gasteiger partial charge in [-0.05, 0) is 200 Å². The lowest BCUT2D eigenvalue weighted by Crippen LogP contribution is -2.77. The second kappa shape index (κ2) is 30.5. The molecular weight excluding hydrogens is 1390 g/mol. The highest BCUT2D eigenvalue weighted by molar-refractivity contribution is 7.22.